The maximum absolute atomic E-state index is 12.7. The summed E-state index contributed by atoms with van der Waals surface area (Å²) in [5, 5.41) is 3.01. The van der Waals surface area contributed by atoms with Gasteiger partial charge in [-0.3, -0.25) is 9.59 Å². The molecule has 0 heterocycles. The van der Waals surface area contributed by atoms with Gasteiger partial charge in [0.2, 0.25) is 11.8 Å². The van der Waals surface area contributed by atoms with Crippen LogP contribution in [-0.2, 0) is 9.59 Å². The van der Waals surface area contributed by atoms with Gasteiger partial charge < -0.3 is 15.0 Å². The zero-order valence-corrected chi connectivity index (χ0v) is 27.9. The van der Waals surface area contributed by atoms with Gasteiger partial charge in [-0.1, -0.05) is 93.7 Å². The van der Waals surface area contributed by atoms with Gasteiger partial charge in [-0.15, -0.1) is 0 Å². The van der Waals surface area contributed by atoms with E-state index in [2.05, 4.69) is 98.1 Å². The van der Waals surface area contributed by atoms with Crippen LogP contribution < -0.4 is 10.1 Å². The number of likely N-dealkylation sites (N-methyl/N-ethyl adjacent to an activating group) is 1. The number of benzene rings is 1. The Morgan fingerprint density at radius 2 is 1.44 bits per heavy atom. The summed E-state index contributed by atoms with van der Waals surface area (Å²) >= 11 is 0. The SMILES string of the molecule is CC/C=C\C/C=C\C/C=C\C/C=C\C/C=C\CCCC(=O)N(C)CCNC(=O)C(C)(C)CCCOc1cc(C)ccc1C. The molecule has 0 unspecified atom stereocenters. The van der Waals surface area contributed by atoms with Crippen molar-refractivity contribution in [3.05, 3.63) is 90.1 Å². The van der Waals surface area contributed by atoms with Crippen molar-refractivity contribution in [2.75, 3.05) is 26.7 Å². The highest BCUT2D eigenvalue weighted by Crippen LogP contribution is 2.24. The summed E-state index contributed by atoms with van der Waals surface area (Å²) in [6.45, 7) is 11.7. The number of aryl methyl sites for hydroxylation is 2. The predicted molar refractivity (Wildman–Crippen MR) is 183 cm³/mol. The number of unbranched alkanes of at least 4 members (excludes halogenated alkanes) is 1. The van der Waals surface area contributed by atoms with Crippen molar-refractivity contribution in [1.82, 2.24) is 10.2 Å². The maximum Gasteiger partial charge on any atom is 0.225 e. The first kappa shape index (κ1) is 37.7. The molecule has 43 heavy (non-hydrogen) atoms. The van der Waals surface area contributed by atoms with Gasteiger partial charge in [0.15, 0.2) is 0 Å². The highest BCUT2D eigenvalue weighted by Gasteiger charge is 2.27. The Balaban J connectivity index is 2.12. The van der Waals surface area contributed by atoms with Crippen LogP contribution in [0.25, 0.3) is 0 Å². The first-order valence-electron chi connectivity index (χ1n) is 16.1. The van der Waals surface area contributed by atoms with E-state index in [1.165, 1.54) is 5.56 Å². The molecule has 1 aromatic carbocycles. The number of nitrogens with zero attached hydrogens (tertiary/aromatic N) is 1. The largest absolute Gasteiger partial charge is 0.493 e. The first-order valence-corrected chi connectivity index (χ1v) is 16.1. The van der Waals surface area contributed by atoms with Gasteiger partial charge in [0.25, 0.3) is 0 Å². The van der Waals surface area contributed by atoms with Crippen molar-refractivity contribution in [1.29, 1.82) is 0 Å². The second-order valence-corrected chi connectivity index (χ2v) is 11.8. The quantitative estimate of drug-likeness (QED) is 0.108. The van der Waals surface area contributed by atoms with Gasteiger partial charge >= 0.3 is 0 Å². The Hall–Kier alpha value is -3.34. The molecule has 0 atom stereocenters. The van der Waals surface area contributed by atoms with E-state index in [0.29, 0.717) is 26.1 Å². The number of allylic oxidation sites excluding steroid dienone is 10. The summed E-state index contributed by atoms with van der Waals surface area (Å²) in [6, 6.07) is 6.19. The van der Waals surface area contributed by atoms with Gasteiger partial charge in [0.05, 0.1) is 6.61 Å². The van der Waals surface area contributed by atoms with Crippen LogP contribution in [0, 0.1) is 19.3 Å². The molecule has 0 aromatic heterocycles. The monoisotopic (exact) mass is 590 g/mol. The van der Waals surface area contributed by atoms with E-state index in [-0.39, 0.29) is 11.8 Å². The maximum atomic E-state index is 12.7. The third kappa shape index (κ3) is 18.7. The molecule has 1 N–H and O–H groups in total. The zero-order valence-electron chi connectivity index (χ0n) is 27.9. The van der Waals surface area contributed by atoms with Crippen LogP contribution >= 0.6 is 0 Å². The molecule has 0 radical (unpaired) electrons. The topological polar surface area (TPSA) is 58.6 Å². The predicted octanol–water partition coefficient (Wildman–Crippen LogP) is 8.98. The fraction of sp³-hybridized carbons (Fsp3) is 0.526. The Labute approximate surface area is 262 Å². The van der Waals surface area contributed by atoms with Gasteiger partial charge in [-0.05, 0) is 88.8 Å². The van der Waals surface area contributed by atoms with Crippen molar-refractivity contribution in [2.45, 2.75) is 98.8 Å². The van der Waals surface area contributed by atoms with E-state index in [4.69, 9.17) is 4.74 Å². The van der Waals surface area contributed by atoms with Crippen molar-refractivity contribution in [2.24, 2.45) is 5.41 Å². The summed E-state index contributed by atoms with van der Waals surface area (Å²) in [6.07, 6.45) is 30.6. The lowest BCUT2D eigenvalue weighted by atomic mass is 9.87. The zero-order chi connectivity index (χ0) is 31.8. The Morgan fingerprint density at radius 3 is 2.05 bits per heavy atom. The Bertz CT molecular complexity index is 1080. The number of carbonyl (C=O) groups excluding carboxylic acids is 2. The molecule has 0 aliphatic heterocycles. The number of hydrogen-bond donors (Lipinski definition) is 1. The van der Waals surface area contributed by atoms with E-state index in [0.717, 1.165) is 69.1 Å². The summed E-state index contributed by atoms with van der Waals surface area (Å²) in [5.41, 5.74) is 1.80. The summed E-state index contributed by atoms with van der Waals surface area (Å²) < 4.78 is 5.94. The Morgan fingerprint density at radius 1 is 0.860 bits per heavy atom. The third-order valence-corrected chi connectivity index (χ3v) is 7.24. The molecule has 2 amide bonds. The lowest BCUT2D eigenvalue weighted by Crippen LogP contribution is -2.41. The number of amides is 2. The third-order valence-electron chi connectivity index (χ3n) is 7.24. The second kappa shape index (κ2) is 23.2. The van der Waals surface area contributed by atoms with E-state index in [9.17, 15) is 9.59 Å². The molecule has 5 nitrogen and oxygen atoms in total. The van der Waals surface area contributed by atoms with Crippen molar-refractivity contribution in [3.63, 3.8) is 0 Å². The van der Waals surface area contributed by atoms with Crippen LogP contribution in [0.4, 0.5) is 0 Å². The van der Waals surface area contributed by atoms with Crippen LogP contribution in [0.15, 0.2) is 79.0 Å². The average Bonchev–Trinajstić information content (AvgIpc) is 2.98. The Kier molecular flexibility index (Phi) is 20.3. The van der Waals surface area contributed by atoms with Crippen molar-refractivity contribution in [3.8, 4) is 5.75 Å². The minimum atomic E-state index is -0.491. The fourth-order valence-electron chi connectivity index (χ4n) is 4.30. The van der Waals surface area contributed by atoms with Gasteiger partial charge in [-0.25, -0.2) is 0 Å². The molecule has 1 rings (SSSR count). The average molecular weight is 591 g/mol. The molecular weight excluding hydrogens is 532 g/mol. The highest BCUT2D eigenvalue weighted by atomic mass is 16.5. The van der Waals surface area contributed by atoms with Crippen LogP contribution in [0.1, 0.15) is 96.1 Å². The number of rotatable bonds is 22. The van der Waals surface area contributed by atoms with Crippen LogP contribution in [0.3, 0.4) is 0 Å². The number of nitrogens with one attached hydrogen (secondary N) is 1. The van der Waals surface area contributed by atoms with Crippen LogP contribution in [0.2, 0.25) is 0 Å². The summed E-state index contributed by atoms with van der Waals surface area (Å²) in [7, 11) is 1.81. The molecule has 0 saturated carbocycles. The molecule has 0 saturated heterocycles. The molecule has 5 heteroatoms. The molecule has 238 valence electrons. The number of carbonyl (C=O) groups is 2. The standard InChI is InChI=1S/C38H58N2O3/c1-7-8-9-10-11-12-13-14-15-16-17-18-19-20-21-22-23-25-36(41)40(6)30-29-39-37(42)38(4,5)28-24-31-43-35-32-33(2)26-27-34(35)3/h8-9,11-12,14-15,17-18,20-21,26-27,32H,7,10,13,16,19,22-25,28-31H2,1-6H3,(H,39,42)/b9-8-,12-11-,15-14-,18-17-,21-20-. The summed E-state index contributed by atoms with van der Waals surface area (Å²) in [5.74, 6) is 1.04. The van der Waals surface area contributed by atoms with Gasteiger partial charge in [0.1, 0.15) is 5.75 Å². The molecular formula is C38H58N2O3. The molecule has 0 aliphatic rings. The normalized spacial score (nSPS) is 12.4. The smallest absolute Gasteiger partial charge is 0.225 e. The van der Waals surface area contributed by atoms with Gasteiger partial charge in [-0.2, -0.15) is 0 Å². The molecule has 0 aliphatic carbocycles. The van der Waals surface area contributed by atoms with Gasteiger partial charge in [0, 0.05) is 32.0 Å². The molecule has 0 bridgehead atoms. The summed E-state index contributed by atoms with van der Waals surface area (Å²) in [4.78, 5) is 26.9. The minimum absolute atomic E-state index is 0.0125. The fourth-order valence-corrected chi connectivity index (χ4v) is 4.30. The van der Waals surface area contributed by atoms with E-state index >= 15 is 0 Å². The number of hydrogen-bond acceptors (Lipinski definition) is 3. The van der Waals surface area contributed by atoms with E-state index in [1.807, 2.05) is 20.8 Å². The first-order chi connectivity index (χ1) is 20.7. The van der Waals surface area contributed by atoms with Crippen LogP contribution in [0.5, 0.6) is 5.75 Å². The van der Waals surface area contributed by atoms with Crippen molar-refractivity contribution < 1.29 is 14.3 Å². The van der Waals surface area contributed by atoms with Crippen LogP contribution in [-0.4, -0.2) is 43.5 Å². The molecule has 1 aromatic rings. The molecule has 0 fully saturated rings. The number of ether oxygens (including phenoxy) is 1. The lowest BCUT2D eigenvalue weighted by molar-refractivity contribution is -0.132. The van der Waals surface area contributed by atoms with E-state index in [1.54, 1.807) is 11.9 Å². The molecule has 0 spiro atoms. The minimum Gasteiger partial charge on any atom is -0.493 e. The second-order valence-electron chi connectivity index (χ2n) is 11.8. The highest BCUT2D eigenvalue weighted by molar-refractivity contribution is 5.81. The lowest BCUT2D eigenvalue weighted by Gasteiger charge is -2.25. The van der Waals surface area contributed by atoms with Crippen molar-refractivity contribution >= 4 is 11.8 Å². The van der Waals surface area contributed by atoms with E-state index < -0.39 is 5.41 Å².